The van der Waals surface area contributed by atoms with Crippen LogP contribution in [0.2, 0.25) is 0 Å². The van der Waals surface area contributed by atoms with Crippen molar-refractivity contribution in [1.29, 1.82) is 0 Å². The summed E-state index contributed by atoms with van der Waals surface area (Å²) >= 11 is 1.41. The van der Waals surface area contributed by atoms with E-state index in [0.717, 1.165) is 28.5 Å². The van der Waals surface area contributed by atoms with Crippen LogP contribution < -0.4 is 5.32 Å². The van der Waals surface area contributed by atoms with Crippen LogP contribution in [0.15, 0.2) is 48.8 Å². The van der Waals surface area contributed by atoms with Crippen LogP contribution in [-0.4, -0.2) is 15.5 Å². The number of carbonyl (C=O) groups excluding carboxylic acids is 1. The summed E-state index contributed by atoms with van der Waals surface area (Å²) in [5, 5.41) is 3.77. The topological polar surface area (TPSA) is 46.9 Å². The molecule has 0 fully saturated rings. The zero-order chi connectivity index (χ0) is 15.5. The molecule has 0 saturated heterocycles. The first-order valence-electron chi connectivity index (χ1n) is 7.18. The summed E-state index contributed by atoms with van der Waals surface area (Å²) in [6, 6.07) is 11.7. The van der Waals surface area contributed by atoms with Crippen LogP contribution in [-0.2, 0) is 6.42 Å². The Labute approximate surface area is 133 Å². The quantitative estimate of drug-likeness (QED) is 0.790. The summed E-state index contributed by atoms with van der Waals surface area (Å²) in [7, 11) is 0. The molecular weight excluding hydrogens is 294 g/mol. The first-order chi connectivity index (χ1) is 10.7. The zero-order valence-corrected chi connectivity index (χ0v) is 13.4. The maximum Gasteiger partial charge on any atom is 0.267 e. The lowest BCUT2D eigenvalue weighted by Gasteiger charge is -2.05. The van der Waals surface area contributed by atoms with Crippen molar-refractivity contribution in [2.24, 2.45) is 0 Å². The fourth-order valence-electron chi connectivity index (χ4n) is 2.24. The van der Waals surface area contributed by atoms with E-state index in [1.165, 1.54) is 11.3 Å². The minimum atomic E-state index is -0.0987. The fourth-order valence-corrected chi connectivity index (χ4v) is 3.26. The second kappa shape index (κ2) is 6.15. The summed E-state index contributed by atoms with van der Waals surface area (Å²) in [5.41, 5.74) is 2.76. The van der Waals surface area contributed by atoms with Crippen LogP contribution in [0.25, 0.3) is 5.13 Å². The smallest absolute Gasteiger partial charge is 0.267 e. The molecule has 0 aliphatic rings. The summed E-state index contributed by atoms with van der Waals surface area (Å²) in [6.45, 7) is 4.02. The van der Waals surface area contributed by atoms with Gasteiger partial charge in [-0.15, -0.1) is 0 Å². The van der Waals surface area contributed by atoms with Crippen molar-refractivity contribution in [3.63, 3.8) is 0 Å². The third kappa shape index (κ3) is 2.94. The number of hydrogen-bond acceptors (Lipinski definition) is 3. The lowest BCUT2D eigenvalue weighted by atomic mass is 10.2. The van der Waals surface area contributed by atoms with E-state index in [1.54, 1.807) is 0 Å². The van der Waals surface area contributed by atoms with Gasteiger partial charge in [-0.05, 0) is 43.2 Å². The number of benzene rings is 1. The molecule has 1 amide bonds. The van der Waals surface area contributed by atoms with Gasteiger partial charge >= 0.3 is 0 Å². The number of aromatic nitrogens is 2. The van der Waals surface area contributed by atoms with Gasteiger partial charge in [0.05, 0.1) is 5.69 Å². The van der Waals surface area contributed by atoms with E-state index in [0.29, 0.717) is 4.88 Å². The molecule has 1 N–H and O–H groups in total. The molecule has 0 bridgehead atoms. The molecule has 0 aliphatic carbocycles. The molecule has 112 valence electrons. The predicted molar refractivity (Wildman–Crippen MR) is 90.0 cm³/mol. The minimum Gasteiger partial charge on any atom is -0.321 e. The molecule has 4 nitrogen and oxygen atoms in total. The molecule has 0 aliphatic heterocycles. The lowest BCUT2D eigenvalue weighted by molar-refractivity contribution is 0.102. The Morgan fingerprint density at radius 1 is 1.27 bits per heavy atom. The number of rotatable bonds is 4. The second-order valence-electron chi connectivity index (χ2n) is 5.04. The molecule has 0 spiro atoms. The fraction of sp³-hybridized carbons (Fsp3) is 0.176. The maximum atomic E-state index is 12.5. The van der Waals surface area contributed by atoms with Crippen LogP contribution in [0, 0.1) is 6.92 Å². The first-order valence-corrected chi connectivity index (χ1v) is 8.00. The van der Waals surface area contributed by atoms with Crippen molar-refractivity contribution >= 4 is 22.9 Å². The molecule has 0 unspecified atom stereocenters. The molecule has 22 heavy (non-hydrogen) atoms. The Morgan fingerprint density at radius 3 is 2.73 bits per heavy atom. The van der Waals surface area contributed by atoms with E-state index >= 15 is 0 Å². The molecule has 0 saturated carbocycles. The van der Waals surface area contributed by atoms with Gasteiger partial charge in [-0.3, -0.25) is 4.79 Å². The number of nitrogens with one attached hydrogen (secondary N) is 1. The van der Waals surface area contributed by atoms with E-state index in [9.17, 15) is 4.79 Å². The highest BCUT2D eigenvalue weighted by molar-refractivity contribution is 7.16. The predicted octanol–water partition coefficient (Wildman–Crippen LogP) is 4.06. The molecule has 0 radical (unpaired) electrons. The average molecular weight is 311 g/mol. The van der Waals surface area contributed by atoms with Gasteiger partial charge in [-0.25, -0.2) is 4.98 Å². The van der Waals surface area contributed by atoms with Crippen molar-refractivity contribution in [1.82, 2.24) is 9.55 Å². The SMILES string of the molecule is CCc1nc(-n2cccc2)sc1C(=O)Nc1cccc(C)c1. The first kappa shape index (κ1) is 14.5. The monoisotopic (exact) mass is 311 g/mol. The number of thiazole rings is 1. The van der Waals surface area contributed by atoms with Crippen LogP contribution in [0.5, 0.6) is 0 Å². The van der Waals surface area contributed by atoms with Gasteiger partial charge in [-0.2, -0.15) is 0 Å². The number of nitrogens with zero attached hydrogens (tertiary/aromatic N) is 2. The van der Waals surface area contributed by atoms with Gasteiger partial charge in [-0.1, -0.05) is 30.4 Å². The number of amides is 1. The third-order valence-electron chi connectivity index (χ3n) is 3.33. The summed E-state index contributed by atoms with van der Waals surface area (Å²) in [4.78, 5) is 17.8. The highest BCUT2D eigenvalue weighted by atomic mass is 32.1. The standard InChI is InChI=1S/C17H17N3OS/c1-3-14-15(22-17(19-14)20-9-4-5-10-20)16(21)18-13-8-6-7-12(2)11-13/h4-11H,3H2,1-2H3,(H,18,21). The number of anilines is 1. The molecular formula is C17H17N3OS. The molecule has 3 rings (SSSR count). The molecule has 0 atom stereocenters. The lowest BCUT2D eigenvalue weighted by Crippen LogP contribution is -2.12. The van der Waals surface area contributed by atoms with Gasteiger partial charge in [0.25, 0.3) is 5.91 Å². The normalized spacial score (nSPS) is 10.6. The Bertz CT molecular complexity index is 790. The van der Waals surface area contributed by atoms with Gasteiger partial charge in [0, 0.05) is 18.1 Å². The summed E-state index contributed by atoms with van der Waals surface area (Å²) in [6.07, 6.45) is 4.59. The molecule has 5 heteroatoms. The van der Waals surface area contributed by atoms with Gasteiger partial charge in [0.1, 0.15) is 4.88 Å². The van der Waals surface area contributed by atoms with Crippen molar-refractivity contribution in [2.45, 2.75) is 20.3 Å². The van der Waals surface area contributed by atoms with E-state index in [1.807, 2.05) is 67.2 Å². The summed E-state index contributed by atoms with van der Waals surface area (Å²) in [5.74, 6) is -0.0987. The van der Waals surface area contributed by atoms with Crippen LogP contribution in [0.4, 0.5) is 5.69 Å². The van der Waals surface area contributed by atoms with E-state index in [4.69, 9.17) is 0 Å². The van der Waals surface area contributed by atoms with E-state index in [-0.39, 0.29) is 5.91 Å². The summed E-state index contributed by atoms with van der Waals surface area (Å²) < 4.78 is 1.92. The maximum absolute atomic E-state index is 12.5. The largest absolute Gasteiger partial charge is 0.321 e. The Morgan fingerprint density at radius 2 is 2.05 bits per heavy atom. The van der Waals surface area contributed by atoms with Gasteiger partial charge in [0.15, 0.2) is 5.13 Å². The highest BCUT2D eigenvalue weighted by Gasteiger charge is 2.17. The molecule has 1 aromatic carbocycles. The molecule has 2 heterocycles. The van der Waals surface area contributed by atoms with Gasteiger partial charge in [0.2, 0.25) is 0 Å². The van der Waals surface area contributed by atoms with E-state index in [2.05, 4.69) is 10.3 Å². The Hall–Kier alpha value is -2.40. The Balaban J connectivity index is 1.88. The number of hydrogen-bond donors (Lipinski definition) is 1. The highest BCUT2D eigenvalue weighted by Crippen LogP contribution is 2.24. The van der Waals surface area contributed by atoms with Crippen molar-refractivity contribution in [2.75, 3.05) is 5.32 Å². The van der Waals surface area contributed by atoms with Crippen LogP contribution >= 0.6 is 11.3 Å². The Kier molecular flexibility index (Phi) is 4.06. The van der Waals surface area contributed by atoms with Crippen molar-refractivity contribution in [3.8, 4) is 5.13 Å². The number of carbonyl (C=O) groups is 1. The van der Waals surface area contributed by atoms with Gasteiger partial charge < -0.3 is 9.88 Å². The second-order valence-corrected chi connectivity index (χ2v) is 6.02. The van der Waals surface area contributed by atoms with Crippen molar-refractivity contribution in [3.05, 3.63) is 64.9 Å². The minimum absolute atomic E-state index is 0.0987. The van der Waals surface area contributed by atoms with E-state index < -0.39 is 0 Å². The third-order valence-corrected chi connectivity index (χ3v) is 4.44. The molecule has 3 aromatic rings. The van der Waals surface area contributed by atoms with Crippen molar-refractivity contribution < 1.29 is 4.79 Å². The molecule has 2 aromatic heterocycles. The van der Waals surface area contributed by atoms with Crippen LogP contribution in [0.3, 0.4) is 0 Å². The van der Waals surface area contributed by atoms with Crippen LogP contribution in [0.1, 0.15) is 27.9 Å². The average Bonchev–Trinajstić information content (AvgIpc) is 3.16. The zero-order valence-electron chi connectivity index (χ0n) is 12.5. The number of aryl methyl sites for hydroxylation is 2.